The van der Waals surface area contributed by atoms with Crippen LogP contribution in [0.3, 0.4) is 0 Å². The Morgan fingerprint density at radius 2 is 2.14 bits per heavy atom. The van der Waals surface area contributed by atoms with Gasteiger partial charge in [-0.3, -0.25) is 9.78 Å². The summed E-state index contributed by atoms with van der Waals surface area (Å²) < 4.78 is 5.74. The number of nitrogens with one attached hydrogen (secondary N) is 1. The Bertz CT molecular complexity index is 516. The number of piperidine rings is 1. The molecule has 0 atom stereocenters. The van der Waals surface area contributed by atoms with Crippen LogP contribution in [0.4, 0.5) is 4.79 Å². The van der Waals surface area contributed by atoms with Gasteiger partial charge in [-0.2, -0.15) is 0 Å². The van der Waals surface area contributed by atoms with Crippen LogP contribution >= 0.6 is 15.9 Å². The fourth-order valence-electron chi connectivity index (χ4n) is 2.23. The molecule has 0 unspecified atom stereocenters. The summed E-state index contributed by atoms with van der Waals surface area (Å²) in [6.45, 7) is 3.36. The minimum Gasteiger partial charge on any atom is -0.450 e. The van der Waals surface area contributed by atoms with E-state index >= 15 is 0 Å². The molecule has 1 aliphatic heterocycles. The number of ether oxygens (including phenoxy) is 1. The number of carbonyl (C=O) groups is 2. The number of rotatable bonds is 3. The van der Waals surface area contributed by atoms with Gasteiger partial charge in [0.25, 0.3) is 5.91 Å². The molecule has 0 saturated carbocycles. The van der Waals surface area contributed by atoms with Crippen molar-refractivity contribution in [2.24, 2.45) is 0 Å². The van der Waals surface area contributed by atoms with Gasteiger partial charge >= 0.3 is 6.09 Å². The van der Waals surface area contributed by atoms with Crippen LogP contribution in [0.25, 0.3) is 0 Å². The maximum atomic E-state index is 12.1. The molecule has 1 aromatic rings. The lowest BCUT2D eigenvalue weighted by Crippen LogP contribution is -2.46. The highest BCUT2D eigenvalue weighted by molar-refractivity contribution is 9.10. The molecule has 1 N–H and O–H groups in total. The highest BCUT2D eigenvalue weighted by Crippen LogP contribution is 2.14. The third kappa shape index (κ3) is 4.42. The largest absolute Gasteiger partial charge is 0.450 e. The van der Waals surface area contributed by atoms with Crippen LogP contribution in [0.1, 0.15) is 30.1 Å². The molecule has 1 aromatic heterocycles. The smallest absolute Gasteiger partial charge is 0.409 e. The minimum absolute atomic E-state index is 0.0714. The Hall–Kier alpha value is -1.63. The molecule has 1 aliphatic rings. The summed E-state index contributed by atoms with van der Waals surface area (Å²) in [6.07, 6.45) is 4.35. The number of likely N-dealkylation sites (tertiary alicyclic amines) is 1. The number of carbonyl (C=O) groups excluding carboxylic acids is 2. The Morgan fingerprint density at radius 1 is 1.43 bits per heavy atom. The van der Waals surface area contributed by atoms with Crippen molar-refractivity contribution in [2.45, 2.75) is 25.8 Å². The van der Waals surface area contributed by atoms with E-state index in [4.69, 9.17) is 4.74 Å². The molecule has 0 aromatic carbocycles. The minimum atomic E-state index is -0.279. The standard InChI is InChI=1S/C14H18BrN3O3/c1-2-21-14(20)18-5-3-12(4-6-18)17-13(19)10-7-11(15)9-16-8-10/h7-9,12H,2-6H2,1H3,(H,17,19). The third-order valence-electron chi connectivity index (χ3n) is 3.32. The van der Waals surface area contributed by atoms with Gasteiger partial charge in [-0.25, -0.2) is 4.79 Å². The van der Waals surface area contributed by atoms with Crippen molar-refractivity contribution in [1.82, 2.24) is 15.2 Å². The van der Waals surface area contributed by atoms with Gasteiger partial charge in [0.2, 0.25) is 0 Å². The summed E-state index contributed by atoms with van der Waals surface area (Å²) in [6, 6.07) is 1.80. The number of amides is 2. The Balaban J connectivity index is 1.83. The van der Waals surface area contributed by atoms with E-state index in [0.29, 0.717) is 25.3 Å². The molecule has 0 spiro atoms. The number of hydrogen-bond acceptors (Lipinski definition) is 4. The predicted octanol–water partition coefficient (Wildman–Crippen LogP) is 2.19. The molecule has 0 aliphatic carbocycles. The van der Waals surface area contributed by atoms with E-state index in [1.165, 1.54) is 6.20 Å². The van der Waals surface area contributed by atoms with E-state index in [2.05, 4.69) is 26.2 Å². The van der Waals surface area contributed by atoms with Crippen molar-refractivity contribution in [1.29, 1.82) is 0 Å². The first kappa shape index (κ1) is 15.8. The molecule has 2 rings (SSSR count). The van der Waals surface area contributed by atoms with Gasteiger partial charge in [0, 0.05) is 36.0 Å². The maximum absolute atomic E-state index is 12.1. The monoisotopic (exact) mass is 355 g/mol. The lowest BCUT2D eigenvalue weighted by molar-refractivity contribution is 0.0860. The second kappa shape index (κ2) is 7.40. The van der Waals surface area contributed by atoms with E-state index in [0.717, 1.165) is 17.3 Å². The van der Waals surface area contributed by atoms with Gasteiger partial charge in [-0.15, -0.1) is 0 Å². The predicted molar refractivity (Wildman–Crippen MR) is 81.0 cm³/mol. The second-order valence-electron chi connectivity index (χ2n) is 4.83. The first-order valence-electron chi connectivity index (χ1n) is 6.93. The zero-order chi connectivity index (χ0) is 15.2. The fourth-order valence-corrected chi connectivity index (χ4v) is 2.59. The second-order valence-corrected chi connectivity index (χ2v) is 5.74. The van der Waals surface area contributed by atoms with Gasteiger partial charge in [0.05, 0.1) is 12.2 Å². The van der Waals surface area contributed by atoms with Crippen LogP contribution in [0.15, 0.2) is 22.9 Å². The number of nitrogens with zero attached hydrogens (tertiary/aromatic N) is 2. The van der Waals surface area contributed by atoms with Crippen molar-refractivity contribution < 1.29 is 14.3 Å². The number of pyridine rings is 1. The number of halogens is 1. The van der Waals surface area contributed by atoms with Gasteiger partial charge in [0.1, 0.15) is 0 Å². The molecule has 2 amide bonds. The average Bonchev–Trinajstić information content (AvgIpc) is 2.48. The Morgan fingerprint density at radius 3 is 2.76 bits per heavy atom. The summed E-state index contributed by atoms with van der Waals surface area (Å²) in [5.41, 5.74) is 0.525. The van der Waals surface area contributed by atoms with Crippen molar-refractivity contribution in [3.05, 3.63) is 28.5 Å². The molecule has 1 fully saturated rings. The molecule has 6 nitrogen and oxygen atoms in total. The maximum Gasteiger partial charge on any atom is 0.409 e. The van der Waals surface area contributed by atoms with Crippen LogP contribution in [0.5, 0.6) is 0 Å². The zero-order valence-corrected chi connectivity index (χ0v) is 13.4. The molecule has 0 bridgehead atoms. The van der Waals surface area contributed by atoms with Crippen LogP contribution in [-0.4, -0.2) is 47.6 Å². The van der Waals surface area contributed by atoms with Crippen LogP contribution < -0.4 is 5.32 Å². The summed E-state index contributed by atoms with van der Waals surface area (Å²) >= 11 is 3.29. The first-order valence-corrected chi connectivity index (χ1v) is 7.72. The van der Waals surface area contributed by atoms with E-state index in [1.807, 2.05) is 0 Å². The Labute approximate surface area is 132 Å². The summed E-state index contributed by atoms with van der Waals surface area (Å²) in [4.78, 5) is 29.3. The summed E-state index contributed by atoms with van der Waals surface area (Å²) in [5, 5.41) is 2.98. The first-order chi connectivity index (χ1) is 10.1. The highest BCUT2D eigenvalue weighted by atomic mass is 79.9. The van der Waals surface area contributed by atoms with E-state index in [1.54, 1.807) is 24.1 Å². The lowest BCUT2D eigenvalue weighted by atomic mass is 10.0. The molecule has 114 valence electrons. The van der Waals surface area contributed by atoms with Crippen LogP contribution in [-0.2, 0) is 4.74 Å². The molecular formula is C14H18BrN3O3. The van der Waals surface area contributed by atoms with E-state index in [-0.39, 0.29) is 18.0 Å². The van der Waals surface area contributed by atoms with Crippen molar-refractivity contribution >= 4 is 27.9 Å². The van der Waals surface area contributed by atoms with E-state index in [9.17, 15) is 9.59 Å². The molecule has 7 heteroatoms. The normalized spacial score (nSPS) is 15.6. The molecular weight excluding hydrogens is 338 g/mol. The highest BCUT2D eigenvalue weighted by Gasteiger charge is 2.24. The quantitative estimate of drug-likeness (QED) is 0.901. The number of hydrogen-bond donors (Lipinski definition) is 1. The molecule has 0 radical (unpaired) electrons. The van der Waals surface area contributed by atoms with Crippen LogP contribution in [0, 0.1) is 0 Å². The topological polar surface area (TPSA) is 71.5 Å². The van der Waals surface area contributed by atoms with Gasteiger partial charge in [-0.05, 0) is 41.8 Å². The SMILES string of the molecule is CCOC(=O)N1CCC(NC(=O)c2cncc(Br)c2)CC1. The van der Waals surface area contributed by atoms with Gasteiger partial charge in [-0.1, -0.05) is 0 Å². The van der Waals surface area contributed by atoms with Gasteiger partial charge in [0.15, 0.2) is 0 Å². The van der Waals surface area contributed by atoms with Crippen molar-refractivity contribution in [3.63, 3.8) is 0 Å². The fraction of sp³-hybridized carbons (Fsp3) is 0.500. The van der Waals surface area contributed by atoms with Gasteiger partial charge < -0.3 is 15.0 Å². The summed E-state index contributed by atoms with van der Waals surface area (Å²) in [5.74, 6) is -0.140. The third-order valence-corrected chi connectivity index (χ3v) is 3.76. The lowest BCUT2D eigenvalue weighted by Gasteiger charge is -2.31. The van der Waals surface area contributed by atoms with Crippen LogP contribution in [0.2, 0.25) is 0 Å². The van der Waals surface area contributed by atoms with Crippen molar-refractivity contribution in [2.75, 3.05) is 19.7 Å². The summed E-state index contributed by atoms with van der Waals surface area (Å²) in [7, 11) is 0. The van der Waals surface area contributed by atoms with E-state index < -0.39 is 0 Å². The molecule has 1 saturated heterocycles. The molecule has 21 heavy (non-hydrogen) atoms. The number of aromatic nitrogens is 1. The zero-order valence-electron chi connectivity index (χ0n) is 11.8. The average molecular weight is 356 g/mol. The van der Waals surface area contributed by atoms with Crippen molar-refractivity contribution in [3.8, 4) is 0 Å². The Kier molecular flexibility index (Phi) is 5.55. The molecule has 2 heterocycles.